The van der Waals surface area contributed by atoms with E-state index in [-0.39, 0.29) is 30.8 Å². The van der Waals surface area contributed by atoms with Crippen molar-refractivity contribution in [2.75, 3.05) is 26.7 Å². The molecule has 112 valence electrons. The minimum atomic E-state index is -0.775. The van der Waals surface area contributed by atoms with Gasteiger partial charge in [0.25, 0.3) is 0 Å². The smallest absolute Gasteiger partial charge is 0.235 e. The summed E-state index contributed by atoms with van der Waals surface area (Å²) in [5.41, 5.74) is -0.775. The van der Waals surface area contributed by atoms with E-state index in [4.69, 9.17) is 0 Å². The number of carbonyl (C=O) groups is 2. The standard InChI is InChI=1S/C14H24N4O2/c1-4-7-16-12(19)8-18(3)9-13(20)17-14(2,10-15)11-5-6-11/h11H,4-9H2,1-3H3,(H,16,19)(H,17,20)/t14-/m1/s1. The average Bonchev–Trinajstić information content (AvgIpc) is 3.20. The number of likely N-dealkylation sites (N-methyl/N-ethyl adjacent to an activating group) is 1. The molecular weight excluding hydrogens is 256 g/mol. The van der Waals surface area contributed by atoms with Crippen molar-refractivity contribution in [1.29, 1.82) is 5.26 Å². The number of hydrogen-bond donors (Lipinski definition) is 2. The number of nitriles is 1. The van der Waals surface area contributed by atoms with Crippen LogP contribution in [0, 0.1) is 17.2 Å². The second-order valence-corrected chi connectivity index (χ2v) is 5.66. The van der Waals surface area contributed by atoms with Crippen LogP contribution in [0.2, 0.25) is 0 Å². The lowest BCUT2D eigenvalue weighted by molar-refractivity contribution is -0.125. The van der Waals surface area contributed by atoms with Crippen molar-refractivity contribution in [3.8, 4) is 6.07 Å². The summed E-state index contributed by atoms with van der Waals surface area (Å²) in [5, 5.41) is 14.7. The van der Waals surface area contributed by atoms with E-state index in [1.54, 1.807) is 18.9 Å². The summed E-state index contributed by atoms with van der Waals surface area (Å²) >= 11 is 0. The van der Waals surface area contributed by atoms with E-state index in [9.17, 15) is 14.9 Å². The van der Waals surface area contributed by atoms with E-state index in [0.717, 1.165) is 19.3 Å². The Morgan fingerprint density at radius 3 is 2.45 bits per heavy atom. The Balaban J connectivity index is 2.34. The molecule has 6 heteroatoms. The summed E-state index contributed by atoms with van der Waals surface area (Å²) in [4.78, 5) is 25.1. The molecule has 1 fully saturated rings. The van der Waals surface area contributed by atoms with Gasteiger partial charge in [-0.25, -0.2) is 0 Å². The van der Waals surface area contributed by atoms with Crippen molar-refractivity contribution in [2.24, 2.45) is 5.92 Å². The fourth-order valence-corrected chi connectivity index (χ4v) is 2.08. The molecule has 1 aliphatic rings. The van der Waals surface area contributed by atoms with Gasteiger partial charge in [-0.05, 0) is 39.2 Å². The first-order valence-electron chi connectivity index (χ1n) is 7.08. The molecule has 0 aliphatic heterocycles. The van der Waals surface area contributed by atoms with Crippen LogP contribution in [0.5, 0.6) is 0 Å². The molecular formula is C14H24N4O2. The fourth-order valence-electron chi connectivity index (χ4n) is 2.08. The minimum Gasteiger partial charge on any atom is -0.355 e. The van der Waals surface area contributed by atoms with Gasteiger partial charge in [0.15, 0.2) is 0 Å². The quantitative estimate of drug-likeness (QED) is 0.667. The van der Waals surface area contributed by atoms with Gasteiger partial charge in [0.2, 0.25) is 11.8 Å². The van der Waals surface area contributed by atoms with Crippen LogP contribution in [-0.4, -0.2) is 48.9 Å². The van der Waals surface area contributed by atoms with Crippen LogP contribution in [-0.2, 0) is 9.59 Å². The minimum absolute atomic E-state index is 0.0904. The van der Waals surface area contributed by atoms with Gasteiger partial charge in [-0.3, -0.25) is 14.5 Å². The Hall–Kier alpha value is -1.61. The SMILES string of the molecule is CCCNC(=O)CN(C)CC(=O)N[C@](C)(C#N)C1CC1. The molecule has 0 unspecified atom stereocenters. The number of nitrogens with zero attached hydrogens (tertiary/aromatic N) is 2. The Morgan fingerprint density at radius 2 is 1.95 bits per heavy atom. The molecule has 0 aromatic rings. The lowest BCUT2D eigenvalue weighted by Gasteiger charge is -2.24. The molecule has 2 N–H and O–H groups in total. The topological polar surface area (TPSA) is 85.2 Å². The molecule has 0 bridgehead atoms. The fraction of sp³-hybridized carbons (Fsp3) is 0.786. The summed E-state index contributed by atoms with van der Waals surface area (Å²) in [7, 11) is 1.71. The van der Waals surface area contributed by atoms with Gasteiger partial charge in [-0.2, -0.15) is 5.26 Å². The number of carbonyl (C=O) groups excluding carboxylic acids is 2. The second-order valence-electron chi connectivity index (χ2n) is 5.66. The van der Waals surface area contributed by atoms with Gasteiger partial charge in [-0.1, -0.05) is 6.92 Å². The predicted octanol–water partition coefficient (Wildman–Crippen LogP) is 0.253. The summed E-state index contributed by atoms with van der Waals surface area (Å²) in [6.45, 7) is 4.69. The zero-order valence-electron chi connectivity index (χ0n) is 12.5. The molecule has 1 saturated carbocycles. The third kappa shape index (κ3) is 5.17. The van der Waals surface area contributed by atoms with E-state index in [0.29, 0.717) is 6.54 Å². The van der Waals surface area contributed by atoms with Crippen LogP contribution >= 0.6 is 0 Å². The molecule has 0 radical (unpaired) electrons. The van der Waals surface area contributed by atoms with E-state index in [1.165, 1.54) is 0 Å². The molecule has 1 atom stereocenters. The lowest BCUT2D eigenvalue weighted by Crippen LogP contribution is -2.50. The summed E-state index contributed by atoms with van der Waals surface area (Å²) in [5.74, 6) is -0.0475. The van der Waals surface area contributed by atoms with Crippen molar-refractivity contribution < 1.29 is 9.59 Å². The highest BCUT2D eigenvalue weighted by Gasteiger charge is 2.43. The first-order chi connectivity index (χ1) is 9.41. The van der Waals surface area contributed by atoms with Gasteiger partial charge < -0.3 is 10.6 Å². The maximum absolute atomic E-state index is 11.9. The van der Waals surface area contributed by atoms with Crippen LogP contribution in [0.1, 0.15) is 33.1 Å². The van der Waals surface area contributed by atoms with E-state index in [2.05, 4.69) is 16.7 Å². The van der Waals surface area contributed by atoms with Crippen molar-refractivity contribution in [3.05, 3.63) is 0 Å². The van der Waals surface area contributed by atoms with Gasteiger partial charge >= 0.3 is 0 Å². The molecule has 0 aromatic heterocycles. The largest absolute Gasteiger partial charge is 0.355 e. The lowest BCUT2D eigenvalue weighted by atomic mass is 9.98. The molecule has 1 aliphatic carbocycles. The normalized spacial score (nSPS) is 17.1. The van der Waals surface area contributed by atoms with Crippen molar-refractivity contribution >= 4 is 11.8 Å². The zero-order valence-corrected chi connectivity index (χ0v) is 12.5. The number of rotatable bonds is 8. The van der Waals surface area contributed by atoms with Gasteiger partial charge in [-0.15, -0.1) is 0 Å². The van der Waals surface area contributed by atoms with Crippen molar-refractivity contribution in [2.45, 2.75) is 38.6 Å². The summed E-state index contributed by atoms with van der Waals surface area (Å²) < 4.78 is 0. The van der Waals surface area contributed by atoms with Crippen LogP contribution < -0.4 is 10.6 Å². The van der Waals surface area contributed by atoms with Gasteiger partial charge in [0.05, 0.1) is 19.2 Å². The third-order valence-corrected chi connectivity index (χ3v) is 3.42. The number of nitrogens with one attached hydrogen (secondary N) is 2. The highest BCUT2D eigenvalue weighted by Crippen LogP contribution is 2.39. The van der Waals surface area contributed by atoms with E-state index < -0.39 is 5.54 Å². The van der Waals surface area contributed by atoms with Crippen LogP contribution in [0.3, 0.4) is 0 Å². The average molecular weight is 280 g/mol. The maximum atomic E-state index is 11.9. The monoisotopic (exact) mass is 280 g/mol. The Labute approximate surface area is 120 Å². The Morgan fingerprint density at radius 1 is 1.35 bits per heavy atom. The first kappa shape index (κ1) is 16.4. The summed E-state index contributed by atoms with van der Waals surface area (Å²) in [6.07, 6.45) is 2.86. The van der Waals surface area contributed by atoms with Gasteiger partial charge in [0.1, 0.15) is 5.54 Å². The Kier molecular flexibility index (Phi) is 5.96. The third-order valence-electron chi connectivity index (χ3n) is 3.42. The molecule has 0 heterocycles. The van der Waals surface area contributed by atoms with Gasteiger partial charge in [0, 0.05) is 6.54 Å². The van der Waals surface area contributed by atoms with Crippen LogP contribution in [0.4, 0.5) is 0 Å². The highest BCUT2D eigenvalue weighted by atomic mass is 16.2. The Bertz CT molecular complexity index is 400. The maximum Gasteiger partial charge on any atom is 0.235 e. The molecule has 2 amide bonds. The van der Waals surface area contributed by atoms with Crippen molar-refractivity contribution in [3.63, 3.8) is 0 Å². The molecule has 1 rings (SSSR count). The first-order valence-corrected chi connectivity index (χ1v) is 7.08. The van der Waals surface area contributed by atoms with Crippen LogP contribution in [0.15, 0.2) is 0 Å². The molecule has 6 nitrogen and oxygen atoms in total. The molecule has 0 saturated heterocycles. The van der Waals surface area contributed by atoms with Crippen LogP contribution in [0.25, 0.3) is 0 Å². The summed E-state index contributed by atoms with van der Waals surface area (Å²) in [6, 6.07) is 2.18. The molecule has 20 heavy (non-hydrogen) atoms. The predicted molar refractivity (Wildman–Crippen MR) is 75.7 cm³/mol. The number of hydrogen-bond acceptors (Lipinski definition) is 4. The molecule has 0 aromatic carbocycles. The number of amides is 2. The van der Waals surface area contributed by atoms with Crippen molar-refractivity contribution in [1.82, 2.24) is 15.5 Å². The van der Waals surface area contributed by atoms with E-state index in [1.807, 2.05) is 6.92 Å². The second kappa shape index (κ2) is 7.25. The van der Waals surface area contributed by atoms with E-state index >= 15 is 0 Å². The molecule has 0 spiro atoms. The highest BCUT2D eigenvalue weighted by molar-refractivity contribution is 5.81. The zero-order chi connectivity index (χ0) is 15.2.